The molecule has 0 radical (unpaired) electrons. The molecule has 1 fully saturated rings. The predicted octanol–water partition coefficient (Wildman–Crippen LogP) is 2.38. The summed E-state index contributed by atoms with van der Waals surface area (Å²) in [7, 11) is 0. The Balaban J connectivity index is 2.55. The molecule has 1 N–H and O–H groups in total. The van der Waals surface area contributed by atoms with Crippen LogP contribution in [-0.2, 0) is 9.59 Å². The van der Waals surface area contributed by atoms with Crippen LogP contribution in [0.3, 0.4) is 0 Å². The molecule has 1 heterocycles. The number of likely N-dealkylation sites (tertiary alicyclic amines) is 1. The van der Waals surface area contributed by atoms with Crippen molar-refractivity contribution in [2.45, 2.75) is 51.5 Å². The first-order chi connectivity index (χ1) is 8.52. The largest absolute Gasteiger partial charge is 0.480 e. The molecule has 0 aliphatic carbocycles. The zero-order chi connectivity index (χ0) is 13.6. The second-order valence-electron chi connectivity index (χ2n) is 4.99. The van der Waals surface area contributed by atoms with Crippen LogP contribution >= 0.6 is 11.8 Å². The second kappa shape index (κ2) is 7.02. The van der Waals surface area contributed by atoms with E-state index in [0.717, 1.165) is 31.4 Å². The summed E-state index contributed by atoms with van der Waals surface area (Å²) in [6.07, 6.45) is 4.59. The maximum Gasteiger partial charge on any atom is 0.329 e. The summed E-state index contributed by atoms with van der Waals surface area (Å²) >= 11 is 1.61. The molecule has 1 saturated heterocycles. The highest BCUT2D eigenvalue weighted by molar-refractivity contribution is 7.99. The lowest BCUT2D eigenvalue weighted by Crippen LogP contribution is -2.58. The number of unbranched alkanes of at least 4 members (excludes halogenated alkanes) is 1. The molecule has 1 amide bonds. The molecule has 1 aliphatic heterocycles. The summed E-state index contributed by atoms with van der Waals surface area (Å²) in [5.41, 5.74) is -0.999. The fourth-order valence-electron chi connectivity index (χ4n) is 2.23. The molecule has 0 aromatic carbocycles. The van der Waals surface area contributed by atoms with E-state index in [9.17, 15) is 14.7 Å². The molecule has 0 aromatic rings. The lowest BCUT2D eigenvalue weighted by Gasteiger charge is -2.41. The minimum absolute atomic E-state index is 0.0271. The molecule has 1 unspecified atom stereocenters. The monoisotopic (exact) mass is 273 g/mol. The smallest absolute Gasteiger partial charge is 0.329 e. The topological polar surface area (TPSA) is 57.6 Å². The van der Waals surface area contributed by atoms with Crippen molar-refractivity contribution in [3.8, 4) is 0 Å². The summed E-state index contributed by atoms with van der Waals surface area (Å²) in [5, 5.41) is 9.33. The van der Waals surface area contributed by atoms with Gasteiger partial charge in [-0.1, -0.05) is 13.3 Å². The third kappa shape index (κ3) is 3.64. The molecule has 0 spiro atoms. The Kier molecular flexibility index (Phi) is 5.99. The fourth-order valence-corrected chi connectivity index (χ4v) is 3.19. The van der Waals surface area contributed by atoms with E-state index in [1.54, 1.807) is 23.6 Å². The van der Waals surface area contributed by atoms with Gasteiger partial charge >= 0.3 is 5.97 Å². The maximum absolute atomic E-state index is 12.1. The van der Waals surface area contributed by atoms with E-state index in [0.29, 0.717) is 18.7 Å². The van der Waals surface area contributed by atoms with Crippen molar-refractivity contribution in [1.82, 2.24) is 4.90 Å². The number of hydrogen-bond donors (Lipinski definition) is 1. The molecular formula is C13H23NO3S. The number of aliphatic carboxylic acids is 1. The number of thioether (sulfide) groups is 1. The molecule has 0 bridgehead atoms. The van der Waals surface area contributed by atoms with Crippen LogP contribution < -0.4 is 0 Å². The van der Waals surface area contributed by atoms with Gasteiger partial charge in [-0.25, -0.2) is 4.79 Å². The van der Waals surface area contributed by atoms with E-state index in [4.69, 9.17) is 0 Å². The molecule has 0 aromatic heterocycles. The highest BCUT2D eigenvalue weighted by Gasteiger charge is 2.43. The normalized spacial score (nSPS) is 24.0. The van der Waals surface area contributed by atoms with Crippen LogP contribution in [0.15, 0.2) is 0 Å². The first-order valence-corrected chi connectivity index (χ1v) is 7.79. The van der Waals surface area contributed by atoms with Crippen LogP contribution in [0, 0.1) is 0 Å². The fraction of sp³-hybridized carbons (Fsp3) is 0.846. The van der Waals surface area contributed by atoms with E-state index >= 15 is 0 Å². The number of carbonyl (C=O) groups excluding carboxylic acids is 1. The van der Waals surface area contributed by atoms with Crippen molar-refractivity contribution in [2.75, 3.05) is 18.1 Å². The average molecular weight is 273 g/mol. The molecule has 1 atom stereocenters. The zero-order valence-electron chi connectivity index (χ0n) is 11.3. The molecule has 1 rings (SSSR count). The quantitative estimate of drug-likeness (QED) is 0.755. The van der Waals surface area contributed by atoms with Crippen LogP contribution in [-0.4, -0.2) is 45.5 Å². The maximum atomic E-state index is 12.1. The molecule has 104 valence electrons. The summed E-state index contributed by atoms with van der Waals surface area (Å²) in [5.74, 6) is 0.470. The molecular weight excluding hydrogens is 250 g/mol. The Morgan fingerprint density at radius 1 is 1.39 bits per heavy atom. The van der Waals surface area contributed by atoms with Crippen molar-refractivity contribution < 1.29 is 14.7 Å². The van der Waals surface area contributed by atoms with Gasteiger partial charge in [0.2, 0.25) is 5.91 Å². The van der Waals surface area contributed by atoms with Gasteiger partial charge in [-0.15, -0.1) is 0 Å². The summed E-state index contributed by atoms with van der Waals surface area (Å²) < 4.78 is 0. The number of carboxylic acids is 1. The van der Waals surface area contributed by atoms with Gasteiger partial charge in [-0.2, -0.15) is 11.8 Å². The SMILES string of the molecule is CCCCSCC(=O)N1CCCCC1(C)C(=O)O. The Morgan fingerprint density at radius 3 is 2.72 bits per heavy atom. The van der Waals surface area contributed by atoms with Gasteiger partial charge in [0, 0.05) is 6.54 Å². The Morgan fingerprint density at radius 2 is 2.11 bits per heavy atom. The highest BCUT2D eigenvalue weighted by Crippen LogP contribution is 2.28. The van der Waals surface area contributed by atoms with Gasteiger partial charge in [0.1, 0.15) is 5.54 Å². The number of carbonyl (C=O) groups is 2. The van der Waals surface area contributed by atoms with E-state index in [-0.39, 0.29) is 5.91 Å². The minimum atomic E-state index is -0.999. The van der Waals surface area contributed by atoms with E-state index < -0.39 is 11.5 Å². The highest BCUT2D eigenvalue weighted by atomic mass is 32.2. The Bertz CT molecular complexity index is 309. The summed E-state index contributed by atoms with van der Waals surface area (Å²) in [6.45, 7) is 4.37. The Hall–Kier alpha value is -0.710. The molecule has 4 nitrogen and oxygen atoms in total. The van der Waals surface area contributed by atoms with Gasteiger partial charge in [0.05, 0.1) is 5.75 Å². The minimum Gasteiger partial charge on any atom is -0.480 e. The van der Waals surface area contributed by atoms with Gasteiger partial charge in [-0.05, 0) is 38.4 Å². The number of hydrogen-bond acceptors (Lipinski definition) is 3. The molecule has 18 heavy (non-hydrogen) atoms. The van der Waals surface area contributed by atoms with Crippen LogP contribution in [0.1, 0.15) is 46.0 Å². The first-order valence-electron chi connectivity index (χ1n) is 6.64. The van der Waals surface area contributed by atoms with Crippen molar-refractivity contribution in [3.05, 3.63) is 0 Å². The van der Waals surface area contributed by atoms with Crippen molar-refractivity contribution in [1.29, 1.82) is 0 Å². The van der Waals surface area contributed by atoms with Gasteiger partial charge in [-0.3, -0.25) is 4.79 Å². The standard InChI is InChI=1S/C13H23NO3S/c1-3-4-9-18-10-11(15)14-8-6-5-7-13(14,2)12(16)17/h3-10H2,1-2H3,(H,16,17). The second-order valence-corrected chi connectivity index (χ2v) is 6.09. The number of amides is 1. The number of rotatable bonds is 6. The Labute approximate surface area is 113 Å². The first kappa shape index (κ1) is 15.3. The van der Waals surface area contributed by atoms with Crippen LogP contribution in [0.5, 0.6) is 0 Å². The van der Waals surface area contributed by atoms with Crippen LogP contribution in [0.25, 0.3) is 0 Å². The van der Waals surface area contributed by atoms with E-state index in [2.05, 4.69) is 6.92 Å². The average Bonchev–Trinajstić information content (AvgIpc) is 2.34. The van der Waals surface area contributed by atoms with Crippen molar-refractivity contribution >= 4 is 23.6 Å². The van der Waals surface area contributed by atoms with E-state index in [1.165, 1.54) is 0 Å². The molecule has 5 heteroatoms. The number of nitrogens with zero attached hydrogens (tertiary/aromatic N) is 1. The van der Waals surface area contributed by atoms with Crippen LogP contribution in [0.2, 0.25) is 0 Å². The third-order valence-corrected chi connectivity index (χ3v) is 4.55. The lowest BCUT2D eigenvalue weighted by atomic mass is 9.88. The third-order valence-electron chi connectivity index (χ3n) is 3.52. The predicted molar refractivity (Wildman–Crippen MR) is 73.8 cm³/mol. The van der Waals surface area contributed by atoms with E-state index in [1.807, 2.05) is 0 Å². The molecule has 0 saturated carbocycles. The lowest BCUT2D eigenvalue weighted by molar-refractivity contribution is -0.159. The van der Waals surface area contributed by atoms with Gasteiger partial charge in [0.25, 0.3) is 0 Å². The number of carboxylic acid groups (broad SMARTS) is 1. The van der Waals surface area contributed by atoms with Crippen molar-refractivity contribution in [3.63, 3.8) is 0 Å². The summed E-state index contributed by atoms with van der Waals surface area (Å²) in [6, 6.07) is 0. The molecule has 1 aliphatic rings. The number of piperidine rings is 1. The van der Waals surface area contributed by atoms with Gasteiger partial charge < -0.3 is 10.0 Å². The van der Waals surface area contributed by atoms with Gasteiger partial charge in [0.15, 0.2) is 0 Å². The summed E-state index contributed by atoms with van der Waals surface area (Å²) in [4.78, 5) is 25.1. The van der Waals surface area contributed by atoms with Crippen molar-refractivity contribution in [2.24, 2.45) is 0 Å². The zero-order valence-corrected chi connectivity index (χ0v) is 12.1. The van der Waals surface area contributed by atoms with Crippen LogP contribution in [0.4, 0.5) is 0 Å².